The standard InChI is InChI=1S/C16H15F3N2O3/c1-2-5-11(8-16(17,18)19)20-14(22)9-21-12-6-3-4-7-13(12)24-10-15(21)23/h1,3-4,6-7,11H,5,8-10H2,(H,20,22)/t11-/m0/s1. The summed E-state index contributed by atoms with van der Waals surface area (Å²) in [5, 5.41) is 2.24. The maximum Gasteiger partial charge on any atom is 0.391 e. The van der Waals surface area contributed by atoms with Crippen LogP contribution in [0.2, 0.25) is 0 Å². The smallest absolute Gasteiger partial charge is 0.391 e. The van der Waals surface area contributed by atoms with Crippen LogP contribution in [0.5, 0.6) is 5.75 Å². The third-order valence-corrected chi connectivity index (χ3v) is 3.32. The first-order valence-electron chi connectivity index (χ1n) is 7.12. The summed E-state index contributed by atoms with van der Waals surface area (Å²) in [6, 6.07) is 5.37. The van der Waals surface area contributed by atoms with Crippen molar-refractivity contribution in [1.82, 2.24) is 5.32 Å². The van der Waals surface area contributed by atoms with Gasteiger partial charge < -0.3 is 10.1 Å². The number of carbonyl (C=O) groups excluding carboxylic acids is 2. The van der Waals surface area contributed by atoms with Crippen LogP contribution in [0.1, 0.15) is 12.8 Å². The van der Waals surface area contributed by atoms with Gasteiger partial charge in [-0.05, 0) is 12.1 Å². The molecule has 0 saturated heterocycles. The van der Waals surface area contributed by atoms with E-state index in [1.165, 1.54) is 4.90 Å². The Morgan fingerprint density at radius 2 is 2.12 bits per heavy atom. The summed E-state index contributed by atoms with van der Waals surface area (Å²) in [7, 11) is 0. The SMILES string of the molecule is C#CC[C@@H](CC(F)(F)F)NC(=O)CN1C(=O)COc2ccccc21. The Hall–Kier alpha value is -2.69. The van der Waals surface area contributed by atoms with Crippen molar-refractivity contribution in [3.05, 3.63) is 24.3 Å². The number of carbonyl (C=O) groups is 2. The molecule has 0 radical (unpaired) electrons. The monoisotopic (exact) mass is 340 g/mol. The number of para-hydroxylation sites is 2. The second-order valence-corrected chi connectivity index (χ2v) is 5.23. The van der Waals surface area contributed by atoms with Gasteiger partial charge in [0.2, 0.25) is 5.91 Å². The van der Waals surface area contributed by atoms with E-state index < -0.39 is 37.0 Å². The van der Waals surface area contributed by atoms with Gasteiger partial charge in [0.25, 0.3) is 5.91 Å². The lowest BCUT2D eigenvalue weighted by atomic mass is 10.1. The highest BCUT2D eigenvalue weighted by molar-refractivity contribution is 6.02. The molecule has 0 aliphatic carbocycles. The Balaban J connectivity index is 2.06. The number of alkyl halides is 3. The van der Waals surface area contributed by atoms with Gasteiger partial charge in [-0.3, -0.25) is 14.5 Å². The van der Waals surface area contributed by atoms with Crippen molar-refractivity contribution in [2.75, 3.05) is 18.1 Å². The molecule has 128 valence electrons. The molecular formula is C16H15F3N2O3. The number of hydrogen-bond donors (Lipinski definition) is 1. The van der Waals surface area contributed by atoms with Gasteiger partial charge in [0.1, 0.15) is 12.3 Å². The highest BCUT2D eigenvalue weighted by atomic mass is 19.4. The van der Waals surface area contributed by atoms with Crippen LogP contribution in [0.4, 0.5) is 18.9 Å². The first-order valence-corrected chi connectivity index (χ1v) is 7.12. The Kier molecular flexibility index (Phi) is 5.34. The lowest BCUT2D eigenvalue weighted by Crippen LogP contribution is -2.48. The van der Waals surface area contributed by atoms with E-state index in [1.807, 2.05) is 0 Å². The lowest BCUT2D eigenvalue weighted by molar-refractivity contribution is -0.142. The van der Waals surface area contributed by atoms with Crippen LogP contribution < -0.4 is 15.0 Å². The third kappa shape index (κ3) is 4.65. The van der Waals surface area contributed by atoms with Crippen LogP contribution in [0.15, 0.2) is 24.3 Å². The van der Waals surface area contributed by atoms with Gasteiger partial charge in [0.15, 0.2) is 6.61 Å². The van der Waals surface area contributed by atoms with E-state index in [2.05, 4.69) is 11.2 Å². The molecule has 8 heteroatoms. The molecule has 0 aromatic heterocycles. The molecule has 2 rings (SSSR count). The van der Waals surface area contributed by atoms with E-state index in [0.717, 1.165) is 0 Å². The fourth-order valence-corrected chi connectivity index (χ4v) is 2.34. The van der Waals surface area contributed by atoms with E-state index in [1.54, 1.807) is 24.3 Å². The van der Waals surface area contributed by atoms with E-state index >= 15 is 0 Å². The van der Waals surface area contributed by atoms with Crippen LogP contribution in [0, 0.1) is 12.3 Å². The Bertz CT molecular complexity index is 667. The number of nitrogens with one attached hydrogen (secondary N) is 1. The average molecular weight is 340 g/mol. The zero-order valence-corrected chi connectivity index (χ0v) is 12.6. The summed E-state index contributed by atoms with van der Waals surface area (Å²) in [4.78, 5) is 25.2. The minimum absolute atomic E-state index is 0.235. The Morgan fingerprint density at radius 1 is 1.42 bits per heavy atom. The van der Waals surface area contributed by atoms with E-state index in [0.29, 0.717) is 11.4 Å². The van der Waals surface area contributed by atoms with Crippen LogP contribution >= 0.6 is 0 Å². The van der Waals surface area contributed by atoms with Gasteiger partial charge in [0, 0.05) is 12.5 Å². The summed E-state index contributed by atoms with van der Waals surface area (Å²) < 4.78 is 42.7. The second-order valence-electron chi connectivity index (χ2n) is 5.23. The van der Waals surface area contributed by atoms with Crippen molar-refractivity contribution in [2.24, 2.45) is 0 Å². The largest absolute Gasteiger partial charge is 0.482 e. The number of nitrogens with zero attached hydrogens (tertiary/aromatic N) is 1. The molecule has 0 spiro atoms. The van der Waals surface area contributed by atoms with Gasteiger partial charge in [-0.1, -0.05) is 12.1 Å². The number of anilines is 1. The highest BCUT2D eigenvalue weighted by Crippen LogP contribution is 2.31. The molecule has 2 amide bonds. The molecule has 0 bridgehead atoms. The highest BCUT2D eigenvalue weighted by Gasteiger charge is 2.33. The van der Waals surface area contributed by atoms with Crippen molar-refractivity contribution in [3.63, 3.8) is 0 Å². The fourth-order valence-electron chi connectivity index (χ4n) is 2.34. The minimum Gasteiger partial charge on any atom is -0.482 e. The zero-order chi connectivity index (χ0) is 17.7. The van der Waals surface area contributed by atoms with Crippen molar-refractivity contribution in [3.8, 4) is 18.1 Å². The number of rotatable bonds is 5. The maximum absolute atomic E-state index is 12.5. The second kappa shape index (κ2) is 7.25. The van der Waals surface area contributed by atoms with E-state index in [4.69, 9.17) is 11.2 Å². The summed E-state index contributed by atoms with van der Waals surface area (Å²) in [5.74, 6) is 1.37. The zero-order valence-electron chi connectivity index (χ0n) is 12.6. The van der Waals surface area contributed by atoms with Crippen molar-refractivity contribution >= 4 is 17.5 Å². The van der Waals surface area contributed by atoms with Gasteiger partial charge in [-0.25, -0.2) is 0 Å². The quantitative estimate of drug-likeness (QED) is 0.833. The van der Waals surface area contributed by atoms with Crippen molar-refractivity contribution in [2.45, 2.75) is 25.1 Å². The number of halogens is 3. The molecule has 1 atom stereocenters. The summed E-state index contributed by atoms with van der Waals surface area (Å²) >= 11 is 0. The topological polar surface area (TPSA) is 58.6 Å². The van der Waals surface area contributed by atoms with Gasteiger partial charge in [-0.15, -0.1) is 12.3 Å². The molecule has 1 heterocycles. The predicted molar refractivity (Wildman–Crippen MR) is 80.3 cm³/mol. The normalized spacial score (nSPS) is 15.1. The number of ether oxygens (including phenoxy) is 1. The molecule has 1 N–H and O–H groups in total. The number of fused-ring (bicyclic) bond motifs is 1. The van der Waals surface area contributed by atoms with Crippen LogP contribution in [-0.4, -0.2) is 37.2 Å². The van der Waals surface area contributed by atoms with Gasteiger partial charge in [0.05, 0.1) is 12.1 Å². The van der Waals surface area contributed by atoms with Crippen molar-refractivity contribution in [1.29, 1.82) is 0 Å². The van der Waals surface area contributed by atoms with E-state index in [9.17, 15) is 22.8 Å². The van der Waals surface area contributed by atoms with Gasteiger partial charge in [-0.2, -0.15) is 13.2 Å². The number of benzene rings is 1. The summed E-state index contributed by atoms with van der Waals surface area (Å²) in [6.07, 6.45) is -0.881. The average Bonchev–Trinajstić information content (AvgIpc) is 2.49. The molecule has 0 fully saturated rings. The number of terminal acetylenes is 1. The van der Waals surface area contributed by atoms with E-state index in [-0.39, 0.29) is 13.0 Å². The molecule has 0 unspecified atom stereocenters. The summed E-state index contributed by atoms with van der Waals surface area (Å²) in [5.41, 5.74) is 0.397. The minimum atomic E-state index is -4.45. The molecule has 24 heavy (non-hydrogen) atoms. The fraction of sp³-hybridized carbons (Fsp3) is 0.375. The first-order chi connectivity index (χ1) is 11.3. The van der Waals surface area contributed by atoms with Crippen LogP contribution in [0.3, 0.4) is 0 Å². The number of hydrogen-bond acceptors (Lipinski definition) is 3. The lowest BCUT2D eigenvalue weighted by Gasteiger charge is -2.29. The molecular weight excluding hydrogens is 325 g/mol. The van der Waals surface area contributed by atoms with Crippen LogP contribution in [0.25, 0.3) is 0 Å². The number of amides is 2. The molecule has 1 aromatic carbocycles. The van der Waals surface area contributed by atoms with Crippen LogP contribution in [-0.2, 0) is 9.59 Å². The maximum atomic E-state index is 12.5. The molecule has 1 aliphatic heterocycles. The molecule has 5 nitrogen and oxygen atoms in total. The summed E-state index contributed by atoms with van der Waals surface area (Å²) in [6.45, 7) is -0.640. The van der Waals surface area contributed by atoms with Gasteiger partial charge >= 0.3 is 6.18 Å². The molecule has 1 aliphatic rings. The Morgan fingerprint density at radius 3 is 2.79 bits per heavy atom. The predicted octanol–water partition coefficient (Wildman–Crippen LogP) is 1.87. The molecule has 0 saturated carbocycles. The first kappa shape index (κ1) is 17.7. The third-order valence-electron chi connectivity index (χ3n) is 3.32. The Labute approximate surface area is 136 Å². The van der Waals surface area contributed by atoms with Crippen molar-refractivity contribution < 1.29 is 27.5 Å². The molecule has 1 aromatic rings.